The van der Waals surface area contributed by atoms with Crippen LogP contribution in [0.15, 0.2) is 24.3 Å². The maximum Gasteiger partial charge on any atom is 0.229 e. The molecular formula is C11H15N5. The lowest BCUT2D eigenvalue weighted by Crippen LogP contribution is -2.10. The van der Waals surface area contributed by atoms with Crippen LogP contribution in [0.4, 0.5) is 5.95 Å². The van der Waals surface area contributed by atoms with E-state index in [1.807, 2.05) is 29.8 Å². The molecule has 2 rings (SSSR count). The normalized spacial score (nSPS) is 10.4. The van der Waals surface area contributed by atoms with Gasteiger partial charge in [-0.25, -0.2) is 0 Å². The third kappa shape index (κ3) is 1.65. The highest BCUT2D eigenvalue weighted by Gasteiger charge is 2.12. The number of nitrogens with zero attached hydrogens (tertiary/aromatic N) is 3. The molecule has 0 fully saturated rings. The molecule has 3 N–H and O–H groups in total. The molecule has 0 amide bonds. The predicted molar refractivity (Wildman–Crippen MR) is 63.5 cm³/mol. The van der Waals surface area contributed by atoms with E-state index in [2.05, 4.69) is 28.5 Å². The number of rotatable bonds is 3. The third-order valence-corrected chi connectivity index (χ3v) is 2.49. The summed E-state index contributed by atoms with van der Waals surface area (Å²) in [6.45, 7) is 2.41. The molecule has 16 heavy (non-hydrogen) atoms. The Morgan fingerprint density at radius 1 is 1.31 bits per heavy atom. The Hall–Kier alpha value is -1.88. The highest BCUT2D eigenvalue weighted by molar-refractivity contribution is 5.47. The first-order valence-electron chi connectivity index (χ1n) is 5.16. The maximum absolute atomic E-state index is 5.65. The first-order chi connectivity index (χ1) is 7.77. The number of aromatic nitrogens is 3. The van der Waals surface area contributed by atoms with Gasteiger partial charge in [-0.1, -0.05) is 18.2 Å². The quantitative estimate of drug-likeness (QED) is 0.807. The zero-order chi connectivity index (χ0) is 11.5. The van der Waals surface area contributed by atoms with Gasteiger partial charge in [0.2, 0.25) is 5.95 Å². The molecule has 0 radical (unpaired) electrons. The SMILES string of the molecule is CNc1nnc(CN)n1-c1ccccc1C. The number of benzene rings is 1. The van der Waals surface area contributed by atoms with E-state index in [1.165, 1.54) is 0 Å². The Labute approximate surface area is 94.3 Å². The van der Waals surface area contributed by atoms with E-state index in [9.17, 15) is 0 Å². The number of hydrogen-bond acceptors (Lipinski definition) is 4. The minimum absolute atomic E-state index is 0.364. The van der Waals surface area contributed by atoms with E-state index in [4.69, 9.17) is 5.73 Å². The second-order valence-electron chi connectivity index (χ2n) is 3.52. The lowest BCUT2D eigenvalue weighted by molar-refractivity contribution is 0.857. The van der Waals surface area contributed by atoms with Gasteiger partial charge in [0.15, 0.2) is 5.82 Å². The standard InChI is InChI=1S/C11H15N5/c1-8-5-3-4-6-9(8)16-10(7-12)14-15-11(16)13-2/h3-6H,7,12H2,1-2H3,(H,13,15). The van der Waals surface area contributed by atoms with E-state index in [-0.39, 0.29) is 0 Å². The highest BCUT2D eigenvalue weighted by Crippen LogP contribution is 2.19. The number of para-hydroxylation sites is 1. The number of anilines is 1. The van der Waals surface area contributed by atoms with Crippen molar-refractivity contribution in [2.24, 2.45) is 5.73 Å². The molecule has 1 heterocycles. The van der Waals surface area contributed by atoms with Gasteiger partial charge < -0.3 is 11.1 Å². The van der Waals surface area contributed by atoms with Crippen molar-refractivity contribution in [1.29, 1.82) is 0 Å². The molecule has 0 saturated heterocycles. The molecule has 5 heteroatoms. The summed E-state index contributed by atoms with van der Waals surface area (Å²) in [5.74, 6) is 1.45. The average Bonchev–Trinajstić information content (AvgIpc) is 2.72. The highest BCUT2D eigenvalue weighted by atomic mass is 15.4. The van der Waals surface area contributed by atoms with Gasteiger partial charge in [0, 0.05) is 7.05 Å². The summed E-state index contributed by atoms with van der Waals surface area (Å²) in [7, 11) is 1.82. The van der Waals surface area contributed by atoms with Gasteiger partial charge in [-0.15, -0.1) is 10.2 Å². The van der Waals surface area contributed by atoms with Crippen LogP contribution in [0.25, 0.3) is 5.69 Å². The van der Waals surface area contributed by atoms with E-state index in [0.717, 1.165) is 17.1 Å². The Balaban J connectivity index is 2.62. The van der Waals surface area contributed by atoms with Crippen molar-refractivity contribution in [2.45, 2.75) is 13.5 Å². The monoisotopic (exact) mass is 217 g/mol. The Bertz CT molecular complexity index is 467. The van der Waals surface area contributed by atoms with E-state index < -0.39 is 0 Å². The molecular weight excluding hydrogens is 202 g/mol. The molecule has 0 unspecified atom stereocenters. The smallest absolute Gasteiger partial charge is 0.229 e. The lowest BCUT2D eigenvalue weighted by atomic mass is 10.2. The molecule has 0 bridgehead atoms. The fourth-order valence-corrected chi connectivity index (χ4v) is 1.68. The summed E-state index contributed by atoms with van der Waals surface area (Å²) in [4.78, 5) is 0. The van der Waals surface area contributed by atoms with E-state index in [0.29, 0.717) is 12.5 Å². The van der Waals surface area contributed by atoms with Crippen LogP contribution in [0.5, 0.6) is 0 Å². The van der Waals surface area contributed by atoms with Crippen molar-refractivity contribution >= 4 is 5.95 Å². The molecule has 1 aromatic heterocycles. The van der Waals surface area contributed by atoms with Gasteiger partial charge in [-0.05, 0) is 18.6 Å². The minimum atomic E-state index is 0.364. The maximum atomic E-state index is 5.65. The van der Waals surface area contributed by atoms with Gasteiger partial charge in [0.05, 0.1) is 12.2 Å². The van der Waals surface area contributed by atoms with E-state index >= 15 is 0 Å². The lowest BCUT2D eigenvalue weighted by Gasteiger charge is -2.11. The Kier molecular flexibility index (Phi) is 2.87. The molecule has 0 saturated carbocycles. The van der Waals surface area contributed by atoms with Crippen LogP contribution in [0.3, 0.4) is 0 Å². The summed E-state index contributed by atoms with van der Waals surface area (Å²) in [6, 6.07) is 8.07. The molecule has 0 aliphatic rings. The zero-order valence-electron chi connectivity index (χ0n) is 9.44. The Morgan fingerprint density at radius 2 is 2.06 bits per heavy atom. The Morgan fingerprint density at radius 3 is 2.69 bits per heavy atom. The third-order valence-electron chi connectivity index (χ3n) is 2.49. The largest absolute Gasteiger partial charge is 0.357 e. The summed E-state index contributed by atoms with van der Waals surface area (Å²) in [6.07, 6.45) is 0. The van der Waals surface area contributed by atoms with Crippen LogP contribution in [-0.4, -0.2) is 21.8 Å². The molecule has 2 aromatic rings. The van der Waals surface area contributed by atoms with Gasteiger partial charge in [-0.2, -0.15) is 0 Å². The first-order valence-corrected chi connectivity index (χ1v) is 5.16. The molecule has 5 nitrogen and oxygen atoms in total. The fraction of sp³-hybridized carbons (Fsp3) is 0.273. The fourth-order valence-electron chi connectivity index (χ4n) is 1.68. The topological polar surface area (TPSA) is 68.8 Å². The number of nitrogens with two attached hydrogens (primary N) is 1. The summed E-state index contributed by atoms with van der Waals surface area (Å²) in [5.41, 5.74) is 7.87. The van der Waals surface area contributed by atoms with Crippen molar-refractivity contribution in [1.82, 2.24) is 14.8 Å². The first kappa shape index (κ1) is 10.6. The number of nitrogens with one attached hydrogen (secondary N) is 1. The van der Waals surface area contributed by atoms with Crippen molar-refractivity contribution in [2.75, 3.05) is 12.4 Å². The van der Waals surface area contributed by atoms with Crippen molar-refractivity contribution in [3.8, 4) is 5.69 Å². The van der Waals surface area contributed by atoms with Crippen molar-refractivity contribution in [3.05, 3.63) is 35.7 Å². The van der Waals surface area contributed by atoms with Crippen LogP contribution >= 0.6 is 0 Å². The molecule has 0 aliphatic heterocycles. The molecule has 0 aliphatic carbocycles. The van der Waals surface area contributed by atoms with Gasteiger partial charge in [0.1, 0.15) is 0 Å². The average molecular weight is 217 g/mol. The summed E-state index contributed by atoms with van der Waals surface area (Å²) in [5, 5.41) is 11.1. The van der Waals surface area contributed by atoms with E-state index in [1.54, 1.807) is 0 Å². The van der Waals surface area contributed by atoms with Gasteiger partial charge in [0.25, 0.3) is 0 Å². The van der Waals surface area contributed by atoms with Crippen molar-refractivity contribution < 1.29 is 0 Å². The van der Waals surface area contributed by atoms with Crippen molar-refractivity contribution in [3.63, 3.8) is 0 Å². The van der Waals surface area contributed by atoms with Gasteiger partial charge in [-0.3, -0.25) is 4.57 Å². The van der Waals surface area contributed by atoms with Crippen LogP contribution in [0, 0.1) is 6.92 Å². The minimum Gasteiger partial charge on any atom is -0.357 e. The molecule has 0 atom stereocenters. The number of hydrogen-bond donors (Lipinski definition) is 2. The van der Waals surface area contributed by atoms with Crippen LogP contribution < -0.4 is 11.1 Å². The molecule has 1 aromatic carbocycles. The van der Waals surface area contributed by atoms with Crippen LogP contribution in [-0.2, 0) is 6.54 Å². The van der Waals surface area contributed by atoms with Crippen LogP contribution in [0.1, 0.15) is 11.4 Å². The second-order valence-corrected chi connectivity index (χ2v) is 3.52. The molecule has 84 valence electrons. The predicted octanol–water partition coefficient (Wildman–Crippen LogP) is 1.08. The second kappa shape index (κ2) is 4.32. The summed E-state index contributed by atoms with van der Waals surface area (Å²) < 4.78 is 1.94. The number of aryl methyl sites for hydroxylation is 1. The zero-order valence-corrected chi connectivity index (χ0v) is 9.44. The van der Waals surface area contributed by atoms with Gasteiger partial charge >= 0.3 is 0 Å². The molecule has 0 spiro atoms. The summed E-state index contributed by atoms with van der Waals surface area (Å²) >= 11 is 0. The van der Waals surface area contributed by atoms with Crippen LogP contribution in [0.2, 0.25) is 0 Å².